The van der Waals surface area contributed by atoms with Crippen LogP contribution in [-0.2, 0) is 11.8 Å². The van der Waals surface area contributed by atoms with Gasteiger partial charge >= 0.3 is 6.03 Å². The molecule has 0 aliphatic heterocycles. The van der Waals surface area contributed by atoms with Crippen LogP contribution in [-0.4, -0.2) is 41.8 Å². The first-order valence-electron chi connectivity index (χ1n) is 8.28. The summed E-state index contributed by atoms with van der Waals surface area (Å²) in [6, 6.07) is 8.53. The Morgan fingerprint density at radius 3 is 3.00 bits per heavy atom. The molecule has 4 nitrogen and oxygen atoms in total. The van der Waals surface area contributed by atoms with E-state index in [1.165, 1.54) is 24.0 Å². The van der Waals surface area contributed by atoms with Gasteiger partial charge in [-0.05, 0) is 49.5 Å². The number of aliphatic hydroxyl groups is 1. The zero-order valence-corrected chi connectivity index (χ0v) is 14.7. The normalized spacial score (nSPS) is 27.3. The van der Waals surface area contributed by atoms with Gasteiger partial charge in [-0.25, -0.2) is 4.79 Å². The first-order chi connectivity index (χ1) is 11.0. The molecule has 3 N–H and O–H groups in total. The van der Waals surface area contributed by atoms with Crippen LogP contribution >= 0.6 is 11.8 Å². The van der Waals surface area contributed by atoms with Gasteiger partial charge in [-0.15, -0.1) is 0 Å². The molecular formula is C18H26N2O2S. The summed E-state index contributed by atoms with van der Waals surface area (Å²) in [5.41, 5.74) is 2.43. The van der Waals surface area contributed by atoms with Crippen molar-refractivity contribution >= 4 is 17.8 Å². The maximum Gasteiger partial charge on any atom is 0.314 e. The largest absolute Gasteiger partial charge is 0.387 e. The molecule has 1 saturated carbocycles. The average molecular weight is 334 g/mol. The van der Waals surface area contributed by atoms with Crippen LogP contribution < -0.4 is 10.6 Å². The van der Waals surface area contributed by atoms with E-state index in [0.717, 1.165) is 6.42 Å². The van der Waals surface area contributed by atoms with Crippen molar-refractivity contribution in [3.63, 3.8) is 0 Å². The van der Waals surface area contributed by atoms with E-state index in [1.54, 1.807) is 18.7 Å². The lowest BCUT2D eigenvalue weighted by Crippen LogP contribution is -2.46. The summed E-state index contributed by atoms with van der Waals surface area (Å²) in [6.07, 6.45) is 5.49. The van der Waals surface area contributed by atoms with Crippen molar-refractivity contribution in [3.8, 4) is 0 Å². The van der Waals surface area contributed by atoms with Crippen molar-refractivity contribution in [2.24, 2.45) is 5.92 Å². The van der Waals surface area contributed by atoms with E-state index >= 15 is 0 Å². The first-order valence-corrected chi connectivity index (χ1v) is 9.68. The molecule has 3 atom stereocenters. The number of rotatable bonds is 6. The summed E-state index contributed by atoms with van der Waals surface area (Å²) >= 11 is 1.57. The predicted octanol–water partition coefficient (Wildman–Crippen LogP) is 2.30. The van der Waals surface area contributed by atoms with Gasteiger partial charge in [0.25, 0.3) is 0 Å². The van der Waals surface area contributed by atoms with Crippen LogP contribution in [0.15, 0.2) is 24.3 Å². The predicted molar refractivity (Wildman–Crippen MR) is 95.0 cm³/mol. The molecule has 1 aromatic carbocycles. The quantitative estimate of drug-likeness (QED) is 0.748. The Hall–Kier alpha value is -1.20. The molecule has 3 rings (SSSR count). The van der Waals surface area contributed by atoms with E-state index in [1.807, 2.05) is 6.26 Å². The van der Waals surface area contributed by atoms with E-state index in [4.69, 9.17) is 0 Å². The molecule has 0 bridgehead atoms. The Morgan fingerprint density at radius 1 is 1.43 bits per heavy atom. The highest BCUT2D eigenvalue weighted by atomic mass is 32.2. The number of urea groups is 1. The number of fused-ring (bicyclic) bond motifs is 2. The fraction of sp³-hybridized carbons (Fsp3) is 0.611. The molecule has 2 aliphatic rings. The smallest absolute Gasteiger partial charge is 0.314 e. The van der Waals surface area contributed by atoms with Gasteiger partial charge in [0.05, 0.1) is 5.60 Å². The zero-order chi connectivity index (χ0) is 16.5. The third kappa shape index (κ3) is 3.50. The lowest BCUT2D eigenvalue weighted by molar-refractivity contribution is 0.0869. The highest BCUT2D eigenvalue weighted by Crippen LogP contribution is 2.61. The van der Waals surface area contributed by atoms with Crippen molar-refractivity contribution in [2.45, 2.75) is 37.2 Å². The standard InChI is InChI=1S/C18H26N2O2S/c1-17(22,12-23-2)11-20-16(21)19-10-14-9-18(14)8-7-13-5-3-4-6-15(13)18/h3-6,14,22H,7-12H2,1-2H3,(H2,19,20,21)/t14-,17-,18+/m1/s1. The fourth-order valence-electron chi connectivity index (χ4n) is 3.91. The maximum atomic E-state index is 11.9. The molecule has 23 heavy (non-hydrogen) atoms. The molecule has 0 heterocycles. The van der Waals surface area contributed by atoms with Gasteiger partial charge in [0.2, 0.25) is 0 Å². The summed E-state index contributed by atoms with van der Waals surface area (Å²) in [5, 5.41) is 15.8. The number of amides is 2. The van der Waals surface area contributed by atoms with Gasteiger partial charge in [0.1, 0.15) is 0 Å². The van der Waals surface area contributed by atoms with Gasteiger partial charge in [0, 0.05) is 24.3 Å². The summed E-state index contributed by atoms with van der Waals surface area (Å²) < 4.78 is 0. The zero-order valence-electron chi connectivity index (χ0n) is 13.9. The lowest BCUT2D eigenvalue weighted by atomic mass is 9.95. The van der Waals surface area contributed by atoms with Gasteiger partial charge in [-0.3, -0.25) is 0 Å². The van der Waals surface area contributed by atoms with Crippen molar-refractivity contribution in [3.05, 3.63) is 35.4 Å². The first kappa shape index (κ1) is 16.7. The van der Waals surface area contributed by atoms with Crippen molar-refractivity contribution < 1.29 is 9.90 Å². The number of hydrogen-bond acceptors (Lipinski definition) is 3. The molecule has 2 amide bonds. The van der Waals surface area contributed by atoms with Crippen molar-refractivity contribution in [1.29, 1.82) is 0 Å². The highest BCUT2D eigenvalue weighted by Gasteiger charge is 2.57. The topological polar surface area (TPSA) is 61.4 Å². The van der Waals surface area contributed by atoms with Crippen molar-refractivity contribution in [1.82, 2.24) is 10.6 Å². The van der Waals surface area contributed by atoms with E-state index in [9.17, 15) is 9.90 Å². The summed E-state index contributed by atoms with van der Waals surface area (Å²) in [5.74, 6) is 1.15. The van der Waals surface area contributed by atoms with E-state index < -0.39 is 5.60 Å². The Balaban J connectivity index is 1.45. The maximum absolute atomic E-state index is 11.9. The molecular weight excluding hydrogens is 308 g/mol. The van der Waals surface area contributed by atoms with Crippen LogP contribution in [0.5, 0.6) is 0 Å². The van der Waals surface area contributed by atoms with Crippen LogP contribution in [0, 0.1) is 5.92 Å². The molecule has 1 aromatic rings. The molecule has 5 heteroatoms. The second kappa shape index (κ2) is 6.36. The monoisotopic (exact) mass is 334 g/mol. The van der Waals surface area contributed by atoms with Gasteiger partial charge in [-0.2, -0.15) is 11.8 Å². The van der Waals surface area contributed by atoms with Crippen LogP contribution in [0.1, 0.15) is 30.9 Å². The molecule has 0 radical (unpaired) electrons. The van der Waals surface area contributed by atoms with Crippen LogP contribution in [0.3, 0.4) is 0 Å². The molecule has 1 fully saturated rings. The number of benzene rings is 1. The minimum Gasteiger partial charge on any atom is -0.387 e. The summed E-state index contributed by atoms with van der Waals surface area (Å²) in [6.45, 7) is 2.73. The Kier molecular flexibility index (Phi) is 4.61. The minimum absolute atomic E-state index is 0.181. The second-order valence-electron chi connectivity index (χ2n) is 7.21. The molecule has 1 spiro atoms. The summed E-state index contributed by atoms with van der Waals surface area (Å²) in [7, 11) is 0. The van der Waals surface area contributed by atoms with Crippen molar-refractivity contribution in [2.75, 3.05) is 25.1 Å². The number of thioether (sulfide) groups is 1. The van der Waals surface area contributed by atoms with Crippen LogP contribution in [0.2, 0.25) is 0 Å². The Morgan fingerprint density at radius 2 is 2.22 bits per heavy atom. The van der Waals surface area contributed by atoms with Crippen LogP contribution in [0.25, 0.3) is 0 Å². The van der Waals surface area contributed by atoms with Crippen LogP contribution in [0.4, 0.5) is 4.79 Å². The fourth-order valence-corrected chi connectivity index (χ4v) is 4.64. The third-order valence-corrected chi connectivity index (χ3v) is 6.13. The molecule has 126 valence electrons. The molecule has 2 aliphatic carbocycles. The van der Waals surface area contributed by atoms with Gasteiger partial charge < -0.3 is 15.7 Å². The number of carbonyl (C=O) groups excluding carboxylic acids is 1. The number of aryl methyl sites for hydroxylation is 1. The lowest BCUT2D eigenvalue weighted by Gasteiger charge is -2.22. The number of nitrogens with one attached hydrogen (secondary N) is 2. The minimum atomic E-state index is -0.859. The number of hydrogen-bond donors (Lipinski definition) is 3. The average Bonchev–Trinajstić information content (AvgIpc) is 3.11. The Bertz CT molecular complexity index is 590. The third-order valence-electron chi connectivity index (χ3n) is 5.22. The Labute approximate surface area is 142 Å². The van der Waals surface area contributed by atoms with Gasteiger partial charge in [0.15, 0.2) is 0 Å². The van der Waals surface area contributed by atoms with Gasteiger partial charge in [-0.1, -0.05) is 24.3 Å². The second-order valence-corrected chi connectivity index (χ2v) is 8.07. The van der Waals surface area contributed by atoms with E-state index in [0.29, 0.717) is 23.6 Å². The summed E-state index contributed by atoms with van der Waals surface area (Å²) in [4.78, 5) is 11.9. The molecule has 0 saturated heterocycles. The molecule has 0 unspecified atom stereocenters. The highest BCUT2D eigenvalue weighted by molar-refractivity contribution is 7.98. The SMILES string of the molecule is CSC[C@](C)(O)CNC(=O)NC[C@H]1C[C@@]12CCc1ccccc12. The number of carbonyl (C=O) groups is 1. The van der Waals surface area contributed by atoms with E-state index in [-0.39, 0.29) is 12.6 Å². The van der Waals surface area contributed by atoms with E-state index in [2.05, 4.69) is 34.9 Å². The molecule has 0 aromatic heterocycles.